The van der Waals surface area contributed by atoms with Crippen molar-refractivity contribution in [2.45, 2.75) is 228 Å². The van der Waals surface area contributed by atoms with Gasteiger partial charge in [-0.25, -0.2) is 0 Å². The summed E-state index contributed by atoms with van der Waals surface area (Å²) in [7, 11) is 0. The molecule has 0 N–H and O–H groups in total. The third-order valence-corrected chi connectivity index (χ3v) is 13.4. The Kier molecular flexibility index (Phi) is 38.6. The van der Waals surface area contributed by atoms with Crippen molar-refractivity contribution in [2.24, 2.45) is 0 Å². The third-order valence-electron chi connectivity index (χ3n) is 9.98. The molecule has 0 saturated heterocycles. The lowest BCUT2D eigenvalue weighted by Gasteiger charge is -2.16. The molecule has 0 spiro atoms. The summed E-state index contributed by atoms with van der Waals surface area (Å²) in [5, 5.41) is 8.47. The SMILES string of the molecule is CCCCCCCCC=CCCCCCCCC(=O)OCC(CSc1nnc(SCC(COC(=O)CCCCCCCC=CCCCCCCCC)OC(C)=O)s1)OC(C)=O. The van der Waals surface area contributed by atoms with Gasteiger partial charge in [0.15, 0.2) is 8.68 Å². The average Bonchev–Trinajstić information content (AvgIpc) is 3.70. The number of thioether (sulfide) groups is 2. The van der Waals surface area contributed by atoms with E-state index in [1.807, 2.05) is 0 Å². The van der Waals surface area contributed by atoms with Gasteiger partial charge in [-0.2, -0.15) is 0 Å². The highest BCUT2D eigenvalue weighted by Gasteiger charge is 2.20. The molecule has 0 aromatic carbocycles. The van der Waals surface area contributed by atoms with E-state index in [0.29, 0.717) is 33.0 Å². The van der Waals surface area contributed by atoms with E-state index in [1.54, 1.807) is 0 Å². The molecule has 1 aromatic rings. The maximum Gasteiger partial charge on any atom is 0.305 e. The molecule has 0 amide bonds. The van der Waals surface area contributed by atoms with E-state index in [4.69, 9.17) is 18.9 Å². The van der Waals surface area contributed by atoms with Crippen molar-refractivity contribution in [3.8, 4) is 0 Å². The average molecular weight is 911 g/mol. The van der Waals surface area contributed by atoms with Crippen molar-refractivity contribution >= 4 is 58.7 Å². The zero-order valence-electron chi connectivity index (χ0n) is 38.5. The van der Waals surface area contributed by atoms with Gasteiger partial charge in [0.05, 0.1) is 0 Å². The Morgan fingerprint density at radius 3 is 1.13 bits per heavy atom. The first-order valence-electron chi connectivity index (χ1n) is 23.8. The minimum absolute atomic E-state index is 0.0169. The van der Waals surface area contributed by atoms with Gasteiger partial charge >= 0.3 is 23.9 Å². The molecular formula is C48H82N2O8S3. The minimum atomic E-state index is -0.615. The van der Waals surface area contributed by atoms with E-state index in [2.05, 4.69) is 48.3 Å². The van der Waals surface area contributed by atoms with Crippen LogP contribution in [0.1, 0.15) is 207 Å². The second-order valence-corrected chi connectivity index (χ2v) is 19.5. The topological polar surface area (TPSA) is 131 Å². The second kappa shape index (κ2) is 41.6. The van der Waals surface area contributed by atoms with Gasteiger partial charge in [-0.05, 0) is 64.2 Å². The van der Waals surface area contributed by atoms with Crippen molar-refractivity contribution in [3.63, 3.8) is 0 Å². The van der Waals surface area contributed by atoms with Gasteiger partial charge in [-0.3, -0.25) is 19.2 Å². The van der Waals surface area contributed by atoms with Crippen LogP contribution in [0, 0.1) is 0 Å². The highest BCUT2D eigenvalue weighted by Crippen LogP contribution is 2.30. The number of hydrogen-bond acceptors (Lipinski definition) is 13. The van der Waals surface area contributed by atoms with Gasteiger partial charge in [-0.1, -0.05) is 176 Å². The fraction of sp³-hybridized carbons (Fsp3) is 0.792. The third kappa shape index (κ3) is 37.9. The summed E-state index contributed by atoms with van der Waals surface area (Å²) in [6, 6.07) is 0. The molecule has 10 nitrogen and oxygen atoms in total. The van der Waals surface area contributed by atoms with Gasteiger partial charge in [0, 0.05) is 38.2 Å². The number of aromatic nitrogens is 2. The molecule has 0 aliphatic heterocycles. The quantitative estimate of drug-likeness (QED) is 0.0203. The van der Waals surface area contributed by atoms with Gasteiger partial charge in [-0.15, -0.1) is 10.2 Å². The Balaban J connectivity index is 2.24. The first kappa shape index (κ1) is 56.6. The largest absolute Gasteiger partial charge is 0.462 e. The Hall–Kier alpha value is -2.38. The smallest absolute Gasteiger partial charge is 0.305 e. The lowest BCUT2D eigenvalue weighted by molar-refractivity contribution is -0.156. The fourth-order valence-electron chi connectivity index (χ4n) is 6.54. The van der Waals surface area contributed by atoms with Crippen LogP contribution < -0.4 is 0 Å². The standard InChI is InChI=1S/C48H82N2O8S3/c1-5-7-9-11-13-15-17-19-21-23-25-27-29-31-33-35-45(53)55-37-43(57-41(3)51)39-59-47-49-50-48(61-47)60-40-44(58-42(4)52)38-56-46(54)36-34-32-30-28-26-24-22-20-18-16-14-12-10-8-6-2/h19-22,43-44H,5-18,23-40H2,1-4H3. The Labute approximate surface area is 382 Å². The van der Waals surface area contributed by atoms with Crippen molar-refractivity contribution < 1.29 is 38.1 Å². The molecule has 0 fully saturated rings. The number of unbranched alkanes of at least 4 members (excludes halogenated alkanes) is 22. The summed E-state index contributed by atoms with van der Waals surface area (Å²) in [5.74, 6) is -0.768. The van der Waals surface area contributed by atoms with Gasteiger partial charge in [0.2, 0.25) is 0 Å². The maximum atomic E-state index is 12.4. The molecule has 1 aromatic heterocycles. The van der Waals surface area contributed by atoms with Crippen LogP contribution >= 0.6 is 34.9 Å². The monoisotopic (exact) mass is 911 g/mol. The van der Waals surface area contributed by atoms with Crippen LogP contribution in [-0.2, 0) is 38.1 Å². The maximum absolute atomic E-state index is 12.4. The number of carbonyl (C=O) groups excluding carboxylic acids is 4. The van der Waals surface area contributed by atoms with Crippen molar-refractivity contribution in [1.29, 1.82) is 0 Å². The van der Waals surface area contributed by atoms with Gasteiger partial charge in [0.1, 0.15) is 25.4 Å². The molecule has 2 unspecified atom stereocenters. The summed E-state index contributed by atoms with van der Waals surface area (Å²) in [6.07, 6.45) is 39.8. The molecule has 0 saturated carbocycles. The van der Waals surface area contributed by atoms with E-state index >= 15 is 0 Å². The van der Waals surface area contributed by atoms with Crippen LogP contribution in [0.3, 0.4) is 0 Å². The first-order valence-corrected chi connectivity index (χ1v) is 26.6. The zero-order chi connectivity index (χ0) is 44.4. The normalized spacial score (nSPS) is 12.5. The first-order chi connectivity index (χ1) is 29.7. The minimum Gasteiger partial charge on any atom is -0.462 e. The van der Waals surface area contributed by atoms with E-state index < -0.39 is 24.1 Å². The van der Waals surface area contributed by atoms with Crippen molar-refractivity contribution in [2.75, 3.05) is 24.7 Å². The van der Waals surface area contributed by atoms with Gasteiger partial charge < -0.3 is 18.9 Å². The second-order valence-electron chi connectivity index (χ2n) is 16.0. The molecule has 61 heavy (non-hydrogen) atoms. The molecule has 0 radical (unpaired) electrons. The molecular weight excluding hydrogens is 829 g/mol. The Bertz CT molecular complexity index is 1210. The van der Waals surface area contributed by atoms with Crippen LogP contribution in [0.5, 0.6) is 0 Å². The Morgan fingerprint density at radius 1 is 0.492 bits per heavy atom. The molecule has 13 heteroatoms. The van der Waals surface area contributed by atoms with E-state index in [-0.39, 0.29) is 25.2 Å². The highest BCUT2D eigenvalue weighted by atomic mass is 32.2. The predicted molar refractivity (Wildman–Crippen MR) is 253 cm³/mol. The summed E-state index contributed by atoms with van der Waals surface area (Å²) < 4.78 is 23.1. The summed E-state index contributed by atoms with van der Waals surface area (Å²) >= 11 is 4.08. The van der Waals surface area contributed by atoms with Crippen LogP contribution in [0.4, 0.5) is 0 Å². The summed E-state index contributed by atoms with van der Waals surface area (Å²) in [4.78, 5) is 48.3. The molecule has 1 rings (SSSR count). The molecule has 1 heterocycles. The van der Waals surface area contributed by atoms with E-state index in [0.717, 1.165) is 64.2 Å². The lowest BCUT2D eigenvalue weighted by atomic mass is 10.1. The van der Waals surface area contributed by atoms with Crippen molar-refractivity contribution in [1.82, 2.24) is 10.2 Å². The van der Waals surface area contributed by atoms with Crippen LogP contribution in [0.25, 0.3) is 0 Å². The number of carbonyl (C=O) groups is 4. The van der Waals surface area contributed by atoms with Crippen LogP contribution in [0.2, 0.25) is 0 Å². The summed E-state index contributed by atoms with van der Waals surface area (Å²) in [5.41, 5.74) is 0. The van der Waals surface area contributed by atoms with E-state index in [9.17, 15) is 19.2 Å². The Morgan fingerprint density at radius 2 is 0.803 bits per heavy atom. The number of hydrogen-bond donors (Lipinski definition) is 0. The number of esters is 4. The number of nitrogens with zero attached hydrogens (tertiary/aromatic N) is 2. The number of ether oxygens (including phenoxy) is 4. The number of rotatable bonds is 42. The zero-order valence-corrected chi connectivity index (χ0v) is 40.9. The molecule has 0 bridgehead atoms. The van der Waals surface area contributed by atoms with Crippen LogP contribution in [-0.4, -0.2) is 71.0 Å². The molecule has 0 aliphatic rings. The lowest BCUT2D eigenvalue weighted by Crippen LogP contribution is -2.26. The molecule has 2 atom stereocenters. The fourth-order valence-corrected chi connectivity index (χ4v) is 9.55. The van der Waals surface area contributed by atoms with Crippen molar-refractivity contribution in [3.05, 3.63) is 24.3 Å². The number of allylic oxidation sites excluding steroid dienone is 4. The van der Waals surface area contributed by atoms with Gasteiger partial charge in [0.25, 0.3) is 0 Å². The molecule has 0 aliphatic carbocycles. The molecule has 350 valence electrons. The summed E-state index contributed by atoms with van der Waals surface area (Å²) in [6.45, 7) is 7.14. The van der Waals surface area contributed by atoms with E-state index in [1.165, 1.54) is 151 Å². The van der Waals surface area contributed by atoms with Crippen LogP contribution in [0.15, 0.2) is 33.0 Å². The predicted octanol–water partition coefficient (Wildman–Crippen LogP) is 13.7. The highest BCUT2D eigenvalue weighted by molar-refractivity contribution is 8.03.